The van der Waals surface area contributed by atoms with Gasteiger partial charge in [-0.3, -0.25) is 14.4 Å². The zero-order valence-corrected chi connectivity index (χ0v) is 15.3. The summed E-state index contributed by atoms with van der Waals surface area (Å²) in [6.45, 7) is 1.91. The van der Waals surface area contributed by atoms with Crippen molar-refractivity contribution in [2.75, 3.05) is 24.4 Å². The number of ether oxygens (including phenoxy) is 2. The van der Waals surface area contributed by atoms with Gasteiger partial charge in [-0.1, -0.05) is 0 Å². The van der Waals surface area contributed by atoms with Crippen molar-refractivity contribution in [2.45, 2.75) is 24.6 Å². The highest BCUT2D eigenvalue weighted by Gasteiger charge is 2.40. The lowest BCUT2D eigenvalue weighted by atomic mass is 10.2. The molecule has 1 fully saturated rings. The fourth-order valence-corrected chi connectivity index (χ4v) is 3.49. The lowest BCUT2D eigenvalue weighted by Gasteiger charge is -2.16. The number of thioether (sulfide) groups is 1. The normalized spacial score (nSPS) is 18.0. The van der Waals surface area contributed by atoms with Crippen molar-refractivity contribution < 1.29 is 28.7 Å². The van der Waals surface area contributed by atoms with Gasteiger partial charge in [-0.2, -0.15) is 0 Å². The highest BCUT2D eigenvalue weighted by atomic mass is 32.2. The van der Waals surface area contributed by atoms with Gasteiger partial charge in [-0.15, -0.1) is 11.8 Å². The van der Waals surface area contributed by atoms with Gasteiger partial charge in [0.05, 0.1) is 30.2 Å². The number of amides is 2. The molecule has 0 radical (unpaired) electrons. The average Bonchev–Trinajstić information content (AvgIpc) is 2.92. The Morgan fingerprint density at radius 1 is 1.31 bits per heavy atom. The molecule has 0 unspecified atom stereocenters. The molecule has 1 heterocycles. The molecule has 1 aromatic carbocycles. The second-order valence-corrected chi connectivity index (χ2v) is 6.73. The number of hydrogen-bond donors (Lipinski definition) is 1. The maximum atomic E-state index is 12.5. The van der Waals surface area contributed by atoms with Gasteiger partial charge in [0.2, 0.25) is 11.8 Å². The Hall–Kier alpha value is -2.39. The van der Waals surface area contributed by atoms with Gasteiger partial charge < -0.3 is 15.2 Å². The highest BCUT2D eigenvalue weighted by molar-refractivity contribution is 8.00. The van der Waals surface area contributed by atoms with Crippen LogP contribution in [0.5, 0.6) is 0 Å². The molecule has 0 bridgehead atoms. The molecule has 0 spiro atoms. The summed E-state index contributed by atoms with van der Waals surface area (Å²) in [5, 5.41) is -0.608. The fraction of sp³-hybridized carbons (Fsp3) is 0.412. The van der Waals surface area contributed by atoms with E-state index in [2.05, 4.69) is 4.74 Å². The van der Waals surface area contributed by atoms with Gasteiger partial charge in [0.1, 0.15) is 6.04 Å². The van der Waals surface area contributed by atoms with Crippen LogP contribution in [0.3, 0.4) is 0 Å². The van der Waals surface area contributed by atoms with E-state index in [1.807, 2.05) is 0 Å². The van der Waals surface area contributed by atoms with Crippen molar-refractivity contribution in [3.8, 4) is 0 Å². The summed E-state index contributed by atoms with van der Waals surface area (Å²) in [4.78, 5) is 48.8. The van der Waals surface area contributed by atoms with Gasteiger partial charge in [0, 0.05) is 12.2 Å². The summed E-state index contributed by atoms with van der Waals surface area (Å²) in [5.74, 6) is -1.58. The first-order chi connectivity index (χ1) is 12.4. The molecule has 2 atom stereocenters. The molecular weight excluding hydrogens is 360 g/mol. The summed E-state index contributed by atoms with van der Waals surface area (Å²) >= 11 is 1.16. The predicted molar refractivity (Wildman–Crippen MR) is 95.7 cm³/mol. The van der Waals surface area contributed by atoms with E-state index in [4.69, 9.17) is 10.5 Å². The van der Waals surface area contributed by atoms with Crippen LogP contribution >= 0.6 is 11.8 Å². The zero-order valence-electron chi connectivity index (χ0n) is 14.5. The summed E-state index contributed by atoms with van der Waals surface area (Å²) < 4.78 is 9.43. The average molecular weight is 380 g/mol. The SMILES string of the molecule is CCOC(=O)[C@@H](N)CS[C@@H]1CC(=O)N(c2ccc(C(=O)OC)cc2)C1=O. The number of anilines is 1. The van der Waals surface area contributed by atoms with Crippen LogP contribution in [-0.4, -0.2) is 54.5 Å². The number of imide groups is 1. The Bertz CT molecular complexity index is 706. The van der Waals surface area contributed by atoms with E-state index in [0.717, 1.165) is 16.7 Å². The number of esters is 2. The molecule has 140 valence electrons. The first-order valence-corrected chi connectivity index (χ1v) is 9.02. The van der Waals surface area contributed by atoms with E-state index in [1.165, 1.54) is 31.4 Å². The van der Waals surface area contributed by atoms with E-state index in [0.29, 0.717) is 11.3 Å². The van der Waals surface area contributed by atoms with Gasteiger partial charge >= 0.3 is 11.9 Å². The molecule has 26 heavy (non-hydrogen) atoms. The molecule has 0 saturated carbocycles. The summed E-state index contributed by atoms with van der Waals surface area (Å²) in [5.41, 5.74) is 6.42. The standard InChI is InChI=1S/C17H20N2O6S/c1-3-25-17(23)12(18)9-26-13-8-14(20)19(15(13)21)11-6-4-10(5-7-11)16(22)24-2/h4-7,12-13H,3,8-9,18H2,1-2H3/t12-,13+/m0/s1. The Morgan fingerprint density at radius 2 is 1.96 bits per heavy atom. The van der Waals surface area contributed by atoms with Gasteiger partial charge in [0.15, 0.2) is 0 Å². The third-order valence-corrected chi connectivity index (χ3v) is 5.04. The van der Waals surface area contributed by atoms with E-state index >= 15 is 0 Å². The topological polar surface area (TPSA) is 116 Å². The van der Waals surface area contributed by atoms with Gasteiger partial charge in [-0.05, 0) is 31.2 Å². The number of nitrogens with two attached hydrogens (primary N) is 1. The molecule has 2 N–H and O–H groups in total. The molecule has 1 aliphatic rings. The lowest BCUT2D eigenvalue weighted by molar-refractivity contribution is -0.144. The maximum absolute atomic E-state index is 12.5. The van der Waals surface area contributed by atoms with Crippen molar-refractivity contribution in [1.29, 1.82) is 0 Å². The highest BCUT2D eigenvalue weighted by Crippen LogP contribution is 2.30. The second kappa shape index (κ2) is 8.81. The van der Waals surface area contributed by atoms with Crippen LogP contribution in [0, 0.1) is 0 Å². The molecule has 0 aromatic heterocycles. The molecule has 1 aromatic rings. The maximum Gasteiger partial charge on any atom is 0.337 e. The number of rotatable bonds is 7. The molecule has 2 amide bonds. The number of benzene rings is 1. The van der Waals surface area contributed by atoms with Crippen molar-refractivity contribution >= 4 is 41.2 Å². The molecule has 8 nitrogen and oxygen atoms in total. The van der Waals surface area contributed by atoms with E-state index in [-0.39, 0.29) is 30.6 Å². The van der Waals surface area contributed by atoms with Gasteiger partial charge in [-0.25, -0.2) is 9.69 Å². The van der Waals surface area contributed by atoms with Crippen LogP contribution in [0.15, 0.2) is 24.3 Å². The smallest absolute Gasteiger partial charge is 0.337 e. The zero-order chi connectivity index (χ0) is 19.3. The molecule has 9 heteroatoms. The lowest BCUT2D eigenvalue weighted by Crippen LogP contribution is -2.36. The molecule has 1 saturated heterocycles. The van der Waals surface area contributed by atoms with E-state index < -0.39 is 23.2 Å². The minimum atomic E-state index is -0.851. The number of carbonyl (C=O) groups excluding carboxylic acids is 4. The third kappa shape index (κ3) is 4.41. The predicted octanol–water partition coefficient (Wildman–Crippen LogP) is 0.729. The van der Waals surface area contributed by atoms with E-state index in [9.17, 15) is 19.2 Å². The number of hydrogen-bond acceptors (Lipinski definition) is 8. The minimum absolute atomic E-state index is 0.0256. The van der Waals surface area contributed by atoms with Gasteiger partial charge in [0.25, 0.3) is 0 Å². The largest absolute Gasteiger partial charge is 0.465 e. The number of carbonyl (C=O) groups is 4. The summed E-state index contributed by atoms with van der Waals surface area (Å²) in [7, 11) is 1.27. The van der Waals surface area contributed by atoms with Crippen LogP contribution in [0.25, 0.3) is 0 Å². The minimum Gasteiger partial charge on any atom is -0.465 e. The molecule has 0 aliphatic carbocycles. The van der Waals surface area contributed by atoms with Crippen LogP contribution < -0.4 is 10.6 Å². The Balaban J connectivity index is 2.02. The fourth-order valence-electron chi connectivity index (χ4n) is 2.41. The van der Waals surface area contributed by atoms with Crippen LogP contribution in [0.2, 0.25) is 0 Å². The molecule has 1 aliphatic heterocycles. The molecule has 2 rings (SSSR count). The van der Waals surface area contributed by atoms with E-state index in [1.54, 1.807) is 6.92 Å². The second-order valence-electron chi connectivity index (χ2n) is 5.49. The third-order valence-electron chi connectivity index (χ3n) is 3.72. The first-order valence-electron chi connectivity index (χ1n) is 7.98. The Morgan fingerprint density at radius 3 is 2.54 bits per heavy atom. The Labute approximate surface area is 155 Å². The van der Waals surface area contributed by atoms with Crippen molar-refractivity contribution in [3.05, 3.63) is 29.8 Å². The van der Waals surface area contributed by atoms with Crippen LogP contribution in [0.4, 0.5) is 5.69 Å². The number of methoxy groups -OCH3 is 1. The monoisotopic (exact) mass is 380 g/mol. The summed E-state index contributed by atoms with van der Waals surface area (Å²) in [6.07, 6.45) is 0.0256. The summed E-state index contributed by atoms with van der Waals surface area (Å²) in [6, 6.07) is 5.15. The first kappa shape index (κ1) is 19.9. The quantitative estimate of drug-likeness (QED) is 0.544. The van der Waals surface area contributed by atoms with Crippen LogP contribution in [-0.2, 0) is 23.9 Å². The van der Waals surface area contributed by atoms with Crippen molar-refractivity contribution in [2.24, 2.45) is 5.73 Å². The van der Waals surface area contributed by atoms with Crippen molar-refractivity contribution in [1.82, 2.24) is 0 Å². The number of nitrogens with zero attached hydrogens (tertiary/aromatic N) is 1. The molecular formula is C17H20N2O6S. The van der Waals surface area contributed by atoms with Crippen LogP contribution in [0.1, 0.15) is 23.7 Å². The Kier molecular flexibility index (Phi) is 6.76. The van der Waals surface area contributed by atoms with Crippen molar-refractivity contribution in [3.63, 3.8) is 0 Å².